The molecule has 21 heavy (non-hydrogen) atoms. The standard InChI is InChI=1S/C17H16N2OS/c1-21-14-5-6-16-15(10-14)17(7-8-18-16)19-13-4-2-3-12(9-13)11-20/h2-10,20H,11H2,1H3,(H,18,19). The first-order valence-electron chi connectivity index (χ1n) is 6.70. The van der Waals surface area contributed by atoms with Crippen LogP contribution in [0.1, 0.15) is 5.56 Å². The SMILES string of the molecule is CSc1ccc2nccc(Nc3cccc(CO)c3)c2c1. The van der Waals surface area contributed by atoms with Gasteiger partial charge in [0.05, 0.1) is 12.1 Å². The summed E-state index contributed by atoms with van der Waals surface area (Å²) in [7, 11) is 0. The van der Waals surface area contributed by atoms with E-state index in [9.17, 15) is 5.11 Å². The van der Waals surface area contributed by atoms with Crippen molar-refractivity contribution in [1.82, 2.24) is 4.98 Å². The van der Waals surface area contributed by atoms with E-state index < -0.39 is 0 Å². The Labute approximate surface area is 128 Å². The number of thioether (sulfide) groups is 1. The normalized spacial score (nSPS) is 10.8. The highest BCUT2D eigenvalue weighted by Crippen LogP contribution is 2.28. The quantitative estimate of drug-likeness (QED) is 0.709. The van der Waals surface area contributed by atoms with E-state index in [-0.39, 0.29) is 6.61 Å². The van der Waals surface area contributed by atoms with Crippen LogP contribution in [0.5, 0.6) is 0 Å². The van der Waals surface area contributed by atoms with Crippen molar-refractivity contribution >= 4 is 34.0 Å². The molecule has 2 N–H and O–H groups in total. The lowest BCUT2D eigenvalue weighted by atomic mass is 10.1. The molecule has 4 heteroatoms. The number of hydrogen-bond acceptors (Lipinski definition) is 4. The van der Waals surface area contributed by atoms with E-state index in [2.05, 4.69) is 28.7 Å². The van der Waals surface area contributed by atoms with Crippen molar-refractivity contribution in [3.05, 3.63) is 60.3 Å². The molecule has 3 aromatic rings. The summed E-state index contributed by atoms with van der Waals surface area (Å²) >= 11 is 1.72. The third-order valence-electron chi connectivity index (χ3n) is 3.34. The smallest absolute Gasteiger partial charge is 0.0723 e. The van der Waals surface area contributed by atoms with E-state index in [1.165, 1.54) is 4.90 Å². The molecule has 0 fully saturated rings. The molecule has 0 atom stereocenters. The van der Waals surface area contributed by atoms with E-state index >= 15 is 0 Å². The van der Waals surface area contributed by atoms with Gasteiger partial charge in [-0.15, -0.1) is 11.8 Å². The molecule has 0 aliphatic heterocycles. The van der Waals surface area contributed by atoms with Gasteiger partial charge in [0.2, 0.25) is 0 Å². The molecule has 0 unspecified atom stereocenters. The number of hydrogen-bond donors (Lipinski definition) is 2. The molecule has 0 spiro atoms. The number of aliphatic hydroxyl groups is 1. The van der Waals surface area contributed by atoms with Crippen LogP contribution in [0.2, 0.25) is 0 Å². The van der Waals surface area contributed by atoms with Gasteiger partial charge >= 0.3 is 0 Å². The Balaban J connectivity index is 2.03. The molecule has 106 valence electrons. The second kappa shape index (κ2) is 6.16. The van der Waals surface area contributed by atoms with Crippen LogP contribution >= 0.6 is 11.8 Å². The Bertz CT molecular complexity index is 774. The van der Waals surface area contributed by atoms with E-state index in [0.717, 1.165) is 27.8 Å². The Morgan fingerprint density at radius 2 is 2.05 bits per heavy atom. The third-order valence-corrected chi connectivity index (χ3v) is 4.06. The van der Waals surface area contributed by atoms with Gasteiger partial charge in [-0.25, -0.2) is 0 Å². The molecule has 0 saturated carbocycles. The van der Waals surface area contributed by atoms with Crippen molar-refractivity contribution in [3.63, 3.8) is 0 Å². The fourth-order valence-electron chi connectivity index (χ4n) is 2.26. The zero-order valence-corrected chi connectivity index (χ0v) is 12.5. The number of aliphatic hydroxyl groups excluding tert-OH is 1. The van der Waals surface area contributed by atoms with E-state index in [4.69, 9.17) is 0 Å². The molecule has 3 rings (SSSR count). The predicted molar refractivity (Wildman–Crippen MR) is 89.2 cm³/mol. The molecule has 0 saturated heterocycles. The summed E-state index contributed by atoms with van der Waals surface area (Å²) in [4.78, 5) is 5.61. The summed E-state index contributed by atoms with van der Waals surface area (Å²) in [5.74, 6) is 0. The zero-order chi connectivity index (χ0) is 14.7. The first kappa shape index (κ1) is 13.9. The molecule has 0 aliphatic rings. The minimum absolute atomic E-state index is 0.0449. The Hall–Kier alpha value is -2.04. The number of nitrogens with zero attached hydrogens (tertiary/aromatic N) is 1. The maximum atomic E-state index is 9.23. The highest BCUT2D eigenvalue weighted by molar-refractivity contribution is 7.98. The maximum absolute atomic E-state index is 9.23. The first-order chi connectivity index (χ1) is 10.3. The fraction of sp³-hybridized carbons (Fsp3) is 0.118. The van der Waals surface area contributed by atoms with Gasteiger partial charge in [-0.3, -0.25) is 4.98 Å². The van der Waals surface area contributed by atoms with Gasteiger partial charge in [-0.2, -0.15) is 0 Å². The van der Waals surface area contributed by atoms with E-state index in [1.54, 1.807) is 18.0 Å². The van der Waals surface area contributed by atoms with Crippen molar-refractivity contribution in [2.24, 2.45) is 0 Å². The number of fused-ring (bicyclic) bond motifs is 1. The molecule has 3 nitrogen and oxygen atoms in total. The van der Waals surface area contributed by atoms with Gasteiger partial charge in [0.15, 0.2) is 0 Å². The van der Waals surface area contributed by atoms with Gasteiger partial charge in [-0.05, 0) is 48.2 Å². The Kier molecular flexibility index (Phi) is 4.08. The van der Waals surface area contributed by atoms with Crippen LogP contribution in [0.4, 0.5) is 11.4 Å². The van der Waals surface area contributed by atoms with Crippen molar-refractivity contribution in [3.8, 4) is 0 Å². The van der Waals surface area contributed by atoms with Crippen molar-refractivity contribution in [2.45, 2.75) is 11.5 Å². The minimum atomic E-state index is 0.0449. The van der Waals surface area contributed by atoms with Gasteiger partial charge in [-0.1, -0.05) is 12.1 Å². The lowest BCUT2D eigenvalue weighted by Gasteiger charge is -2.11. The van der Waals surface area contributed by atoms with Crippen LogP contribution in [0.25, 0.3) is 10.9 Å². The van der Waals surface area contributed by atoms with Gasteiger partial charge in [0, 0.05) is 27.9 Å². The lowest BCUT2D eigenvalue weighted by molar-refractivity contribution is 0.282. The number of rotatable bonds is 4. The molecule has 1 heterocycles. The predicted octanol–water partition coefficient (Wildman–Crippen LogP) is 4.19. The largest absolute Gasteiger partial charge is 0.392 e. The molecule has 2 aromatic carbocycles. The summed E-state index contributed by atoms with van der Waals surface area (Å²) in [5.41, 5.74) is 3.84. The highest BCUT2D eigenvalue weighted by atomic mass is 32.2. The van der Waals surface area contributed by atoms with Crippen LogP contribution < -0.4 is 5.32 Å². The topological polar surface area (TPSA) is 45.2 Å². The van der Waals surface area contributed by atoms with Gasteiger partial charge < -0.3 is 10.4 Å². The molecule has 1 aromatic heterocycles. The van der Waals surface area contributed by atoms with Gasteiger partial charge in [0.1, 0.15) is 0 Å². The van der Waals surface area contributed by atoms with Crippen LogP contribution in [0.15, 0.2) is 59.6 Å². The summed E-state index contributed by atoms with van der Waals surface area (Å²) in [6, 6.07) is 16.0. The molecule has 0 radical (unpaired) electrons. The number of nitrogens with one attached hydrogen (secondary N) is 1. The first-order valence-corrected chi connectivity index (χ1v) is 7.92. The second-order valence-corrected chi connectivity index (χ2v) is 5.60. The molecule has 0 bridgehead atoms. The monoisotopic (exact) mass is 296 g/mol. The van der Waals surface area contributed by atoms with Gasteiger partial charge in [0.25, 0.3) is 0 Å². The summed E-state index contributed by atoms with van der Waals surface area (Å²) in [6.45, 7) is 0.0449. The van der Waals surface area contributed by atoms with E-state index in [1.807, 2.05) is 36.4 Å². The number of anilines is 2. The van der Waals surface area contributed by atoms with E-state index in [0.29, 0.717) is 0 Å². The summed E-state index contributed by atoms with van der Waals surface area (Å²) in [5, 5.41) is 13.7. The molecular weight excluding hydrogens is 280 g/mol. The number of pyridine rings is 1. The molecular formula is C17H16N2OS. The number of benzene rings is 2. The summed E-state index contributed by atoms with van der Waals surface area (Å²) in [6.07, 6.45) is 3.87. The van der Waals surface area contributed by atoms with Crippen LogP contribution in [0, 0.1) is 0 Å². The molecule has 0 aliphatic carbocycles. The Morgan fingerprint density at radius 1 is 1.14 bits per heavy atom. The van der Waals surface area contributed by atoms with Crippen molar-refractivity contribution in [1.29, 1.82) is 0 Å². The minimum Gasteiger partial charge on any atom is -0.392 e. The van der Waals surface area contributed by atoms with Crippen LogP contribution in [-0.4, -0.2) is 16.3 Å². The van der Waals surface area contributed by atoms with Crippen LogP contribution in [0.3, 0.4) is 0 Å². The van der Waals surface area contributed by atoms with Crippen molar-refractivity contribution < 1.29 is 5.11 Å². The second-order valence-electron chi connectivity index (χ2n) is 4.73. The number of aromatic nitrogens is 1. The average Bonchev–Trinajstić information content (AvgIpc) is 2.55. The highest BCUT2D eigenvalue weighted by Gasteiger charge is 2.04. The lowest BCUT2D eigenvalue weighted by Crippen LogP contribution is -1.94. The maximum Gasteiger partial charge on any atom is 0.0723 e. The molecule has 0 amide bonds. The van der Waals surface area contributed by atoms with Crippen molar-refractivity contribution in [2.75, 3.05) is 11.6 Å². The summed E-state index contributed by atoms with van der Waals surface area (Å²) < 4.78 is 0. The average molecular weight is 296 g/mol. The third kappa shape index (κ3) is 3.01. The Morgan fingerprint density at radius 3 is 2.86 bits per heavy atom. The fourth-order valence-corrected chi connectivity index (χ4v) is 2.70. The van der Waals surface area contributed by atoms with Crippen LogP contribution in [-0.2, 0) is 6.61 Å². The zero-order valence-electron chi connectivity index (χ0n) is 11.7.